The Kier molecular flexibility index (Phi) is 4.39. The predicted molar refractivity (Wildman–Crippen MR) is 85.3 cm³/mol. The highest BCUT2D eigenvalue weighted by atomic mass is 32.1. The molecule has 0 bridgehead atoms. The lowest BCUT2D eigenvalue weighted by Gasteiger charge is -2.13. The van der Waals surface area contributed by atoms with Gasteiger partial charge < -0.3 is 15.0 Å². The zero-order chi connectivity index (χ0) is 14.7. The lowest BCUT2D eigenvalue weighted by molar-refractivity contribution is 0.340. The molecule has 0 aliphatic rings. The van der Waals surface area contributed by atoms with E-state index in [0.29, 0.717) is 23.5 Å². The molecule has 0 aliphatic heterocycles. The van der Waals surface area contributed by atoms with Gasteiger partial charge in [0, 0.05) is 24.0 Å². The summed E-state index contributed by atoms with van der Waals surface area (Å²) in [5.74, 6) is 0.761. The monoisotopic (exact) mass is 290 g/mol. The Hall–Kier alpha value is -1.88. The SMILES string of the molecule is CCOc1ccc2c(=O)n(CC(C)C(N)=S)ccc2c1. The van der Waals surface area contributed by atoms with Gasteiger partial charge in [-0.05, 0) is 36.6 Å². The van der Waals surface area contributed by atoms with Crippen LogP contribution in [-0.4, -0.2) is 16.2 Å². The van der Waals surface area contributed by atoms with Crippen LogP contribution in [0.3, 0.4) is 0 Å². The Morgan fingerprint density at radius 3 is 2.85 bits per heavy atom. The first-order chi connectivity index (χ1) is 9.52. The largest absolute Gasteiger partial charge is 0.494 e. The fourth-order valence-electron chi connectivity index (χ4n) is 2.05. The first-order valence-electron chi connectivity index (χ1n) is 6.58. The number of fused-ring (bicyclic) bond motifs is 1. The van der Waals surface area contributed by atoms with Gasteiger partial charge in [0.1, 0.15) is 5.75 Å². The summed E-state index contributed by atoms with van der Waals surface area (Å²) in [7, 11) is 0. The predicted octanol–water partition coefficient (Wildman–Crippen LogP) is 2.32. The van der Waals surface area contributed by atoms with Gasteiger partial charge in [0.05, 0.1) is 11.6 Å². The number of hydrogen-bond acceptors (Lipinski definition) is 3. The molecule has 106 valence electrons. The molecular weight excluding hydrogens is 272 g/mol. The highest BCUT2D eigenvalue weighted by Gasteiger charge is 2.09. The Balaban J connectivity index is 2.41. The van der Waals surface area contributed by atoms with Gasteiger partial charge in [-0.1, -0.05) is 19.1 Å². The molecule has 1 aromatic heterocycles. The smallest absolute Gasteiger partial charge is 0.258 e. The molecule has 1 atom stereocenters. The molecular formula is C15H18N2O2S. The number of nitrogens with two attached hydrogens (primary N) is 1. The van der Waals surface area contributed by atoms with Crippen molar-refractivity contribution in [2.45, 2.75) is 20.4 Å². The van der Waals surface area contributed by atoms with E-state index in [1.54, 1.807) is 16.8 Å². The van der Waals surface area contributed by atoms with Crippen LogP contribution >= 0.6 is 12.2 Å². The van der Waals surface area contributed by atoms with E-state index in [1.807, 2.05) is 32.0 Å². The number of ether oxygens (including phenoxy) is 1. The molecule has 2 aromatic rings. The van der Waals surface area contributed by atoms with Crippen LogP contribution in [-0.2, 0) is 6.54 Å². The van der Waals surface area contributed by atoms with Gasteiger partial charge in [0.15, 0.2) is 0 Å². The number of benzene rings is 1. The number of rotatable bonds is 5. The molecule has 0 aliphatic carbocycles. The van der Waals surface area contributed by atoms with E-state index in [2.05, 4.69) is 0 Å². The summed E-state index contributed by atoms with van der Waals surface area (Å²) < 4.78 is 7.08. The van der Waals surface area contributed by atoms with E-state index in [0.717, 1.165) is 11.1 Å². The van der Waals surface area contributed by atoms with E-state index in [-0.39, 0.29) is 11.5 Å². The third-order valence-corrected chi connectivity index (χ3v) is 3.62. The lowest BCUT2D eigenvalue weighted by atomic mass is 10.1. The molecule has 2 N–H and O–H groups in total. The van der Waals surface area contributed by atoms with Crippen LogP contribution in [0.15, 0.2) is 35.3 Å². The van der Waals surface area contributed by atoms with Crippen molar-refractivity contribution in [2.75, 3.05) is 6.61 Å². The van der Waals surface area contributed by atoms with Crippen molar-refractivity contribution in [3.8, 4) is 5.75 Å². The molecule has 0 fully saturated rings. The molecule has 2 rings (SSSR count). The fraction of sp³-hybridized carbons (Fsp3) is 0.333. The van der Waals surface area contributed by atoms with Crippen molar-refractivity contribution < 1.29 is 4.74 Å². The highest BCUT2D eigenvalue weighted by Crippen LogP contribution is 2.18. The zero-order valence-electron chi connectivity index (χ0n) is 11.6. The summed E-state index contributed by atoms with van der Waals surface area (Å²) in [4.78, 5) is 12.8. The van der Waals surface area contributed by atoms with E-state index < -0.39 is 0 Å². The molecule has 0 saturated carbocycles. The summed E-state index contributed by atoms with van der Waals surface area (Å²) in [6, 6.07) is 7.40. The molecule has 5 heteroatoms. The standard InChI is InChI=1S/C15H18N2O2S/c1-3-19-12-4-5-13-11(8-12)6-7-17(15(13)18)9-10(2)14(16)20/h4-8,10H,3,9H2,1-2H3,(H2,16,20). The molecule has 0 saturated heterocycles. The first kappa shape index (κ1) is 14.5. The average Bonchev–Trinajstić information content (AvgIpc) is 2.42. The molecule has 1 aromatic carbocycles. The minimum Gasteiger partial charge on any atom is -0.494 e. The maximum atomic E-state index is 12.4. The van der Waals surface area contributed by atoms with Gasteiger partial charge in [0.25, 0.3) is 5.56 Å². The van der Waals surface area contributed by atoms with Crippen molar-refractivity contribution in [1.29, 1.82) is 0 Å². The van der Waals surface area contributed by atoms with Crippen LogP contribution in [0.2, 0.25) is 0 Å². The van der Waals surface area contributed by atoms with Crippen molar-refractivity contribution >= 4 is 28.0 Å². The maximum absolute atomic E-state index is 12.4. The molecule has 0 spiro atoms. The van der Waals surface area contributed by atoms with E-state index in [4.69, 9.17) is 22.7 Å². The Bertz CT molecular complexity index is 694. The topological polar surface area (TPSA) is 57.2 Å². The third-order valence-electron chi connectivity index (χ3n) is 3.22. The Morgan fingerprint density at radius 1 is 1.45 bits per heavy atom. The van der Waals surface area contributed by atoms with Gasteiger partial charge in [-0.25, -0.2) is 0 Å². The zero-order valence-corrected chi connectivity index (χ0v) is 12.4. The Labute approximate surface area is 123 Å². The Morgan fingerprint density at radius 2 is 2.20 bits per heavy atom. The van der Waals surface area contributed by atoms with Crippen LogP contribution in [0.5, 0.6) is 5.75 Å². The molecule has 1 unspecified atom stereocenters. The van der Waals surface area contributed by atoms with Crippen LogP contribution in [0.1, 0.15) is 13.8 Å². The van der Waals surface area contributed by atoms with Crippen LogP contribution in [0.4, 0.5) is 0 Å². The lowest BCUT2D eigenvalue weighted by Crippen LogP contribution is -2.28. The minimum absolute atomic E-state index is 0.0113. The molecule has 20 heavy (non-hydrogen) atoms. The summed E-state index contributed by atoms with van der Waals surface area (Å²) in [5, 5.41) is 1.55. The number of pyridine rings is 1. The number of aromatic nitrogens is 1. The van der Waals surface area contributed by atoms with Crippen molar-refractivity contribution in [1.82, 2.24) is 4.57 Å². The van der Waals surface area contributed by atoms with Crippen molar-refractivity contribution in [3.05, 3.63) is 40.8 Å². The van der Waals surface area contributed by atoms with Gasteiger partial charge in [-0.3, -0.25) is 4.79 Å². The second-order valence-corrected chi connectivity index (χ2v) is 5.23. The van der Waals surface area contributed by atoms with Crippen LogP contribution in [0.25, 0.3) is 10.8 Å². The van der Waals surface area contributed by atoms with Gasteiger partial charge in [-0.2, -0.15) is 0 Å². The maximum Gasteiger partial charge on any atom is 0.258 e. The van der Waals surface area contributed by atoms with Crippen LogP contribution < -0.4 is 16.0 Å². The number of nitrogens with zero attached hydrogens (tertiary/aromatic N) is 1. The minimum atomic E-state index is -0.0337. The van der Waals surface area contributed by atoms with Gasteiger partial charge >= 0.3 is 0 Å². The molecule has 0 radical (unpaired) electrons. The highest BCUT2D eigenvalue weighted by molar-refractivity contribution is 7.80. The second kappa shape index (κ2) is 6.05. The summed E-state index contributed by atoms with van der Waals surface area (Å²) in [6.07, 6.45) is 1.77. The first-order valence-corrected chi connectivity index (χ1v) is 6.99. The summed E-state index contributed by atoms with van der Waals surface area (Å²) in [5.41, 5.74) is 5.57. The van der Waals surface area contributed by atoms with E-state index in [1.165, 1.54) is 0 Å². The number of hydrogen-bond donors (Lipinski definition) is 1. The third kappa shape index (κ3) is 2.99. The number of thiocarbonyl (C=S) groups is 1. The normalized spacial score (nSPS) is 12.3. The summed E-state index contributed by atoms with van der Waals surface area (Å²) in [6.45, 7) is 4.95. The van der Waals surface area contributed by atoms with Crippen LogP contribution in [0, 0.1) is 5.92 Å². The van der Waals surface area contributed by atoms with E-state index >= 15 is 0 Å². The summed E-state index contributed by atoms with van der Waals surface area (Å²) >= 11 is 4.95. The molecule has 0 amide bonds. The van der Waals surface area contributed by atoms with Gasteiger partial charge in [-0.15, -0.1) is 0 Å². The van der Waals surface area contributed by atoms with Crippen molar-refractivity contribution in [2.24, 2.45) is 11.7 Å². The average molecular weight is 290 g/mol. The van der Waals surface area contributed by atoms with Crippen molar-refractivity contribution in [3.63, 3.8) is 0 Å². The molecule has 4 nitrogen and oxygen atoms in total. The van der Waals surface area contributed by atoms with E-state index in [9.17, 15) is 4.79 Å². The fourth-order valence-corrected chi connectivity index (χ4v) is 2.13. The molecule has 1 heterocycles. The second-order valence-electron chi connectivity index (χ2n) is 4.76. The van der Waals surface area contributed by atoms with Gasteiger partial charge in [0.2, 0.25) is 0 Å². The quantitative estimate of drug-likeness (QED) is 0.859.